The number of carbonyl (C=O) groups excluding carboxylic acids is 1. The first kappa shape index (κ1) is 17.1. The lowest BCUT2D eigenvalue weighted by Crippen LogP contribution is -2.36. The van der Waals surface area contributed by atoms with Gasteiger partial charge in [-0.1, -0.05) is 30.3 Å². The summed E-state index contributed by atoms with van der Waals surface area (Å²) in [5, 5.41) is 2.68. The van der Waals surface area contributed by atoms with Crippen LogP contribution in [0, 0.1) is 11.6 Å². The molecule has 0 radical (unpaired) electrons. The van der Waals surface area contributed by atoms with Gasteiger partial charge in [-0.15, -0.1) is 0 Å². The van der Waals surface area contributed by atoms with E-state index in [2.05, 4.69) is 5.32 Å². The monoisotopic (exact) mass is 318 g/mol. The molecule has 2 aromatic carbocycles. The Morgan fingerprint density at radius 1 is 1.13 bits per heavy atom. The maximum absolute atomic E-state index is 13.1. The number of nitrogens with one attached hydrogen (secondary N) is 1. The molecule has 0 aliphatic rings. The van der Waals surface area contributed by atoms with Gasteiger partial charge >= 0.3 is 0 Å². The van der Waals surface area contributed by atoms with E-state index in [4.69, 9.17) is 0 Å². The minimum atomic E-state index is -0.649. The maximum atomic E-state index is 13.1. The van der Waals surface area contributed by atoms with E-state index in [1.54, 1.807) is 0 Å². The van der Waals surface area contributed by atoms with Gasteiger partial charge in [-0.2, -0.15) is 0 Å². The highest BCUT2D eigenvalue weighted by atomic mass is 19.1. The molecule has 3 nitrogen and oxygen atoms in total. The van der Waals surface area contributed by atoms with Crippen LogP contribution in [0.3, 0.4) is 0 Å². The average Bonchev–Trinajstić information content (AvgIpc) is 2.52. The summed E-state index contributed by atoms with van der Waals surface area (Å²) in [7, 11) is 1.86. The zero-order valence-electron chi connectivity index (χ0n) is 13.2. The van der Waals surface area contributed by atoms with Crippen molar-refractivity contribution in [2.24, 2.45) is 0 Å². The number of halogens is 2. The van der Waals surface area contributed by atoms with E-state index in [1.165, 1.54) is 12.1 Å². The molecule has 122 valence electrons. The normalized spacial score (nSPS) is 12.2. The molecule has 0 heterocycles. The van der Waals surface area contributed by atoms with E-state index < -0.39 is 11.6 Å². The van der Waals surface area contributed by atoms with Crippen LogP contribution in [0.4, 0.5) is 8.78 Å². The Morgan fingerprint density at radius 2 is 1.74 bits per heavy atom. The molecule has 0 aliphatic heterocycles. The second-order valence-corrected chi connectivity index (χ2v) is 5.56. The van der Waals surface area contributed by atoms with Crippen LogP contribution >= 0.6 is 0 Å². The largest absolute Gasteiger partial charge is 0.351 e. The Balaban J connectivity index is 1.86. The lowest BCUT2D eigenvalue weighted by atomic mass is 10.1. The van der Waals surface area contributed by atoms with E-state index in [0.717, 1.165) is 11.6 Å². The number of carbonyl (C=O) groups is 1. The van der Waals surface area contributed by atoms with Gasteiger partial charge in [0.15, 0.2) is 0 Å². The van der Waals surface area contributed by atoms with Gasteiger partial charge in [0.25, 0.3) is 0 Å². The van der Waals surface area contributed by atoms with Gasteiger partial charge in [-0.05, 0) is 37.2 Å². The highest BCUT2D eigenvalue weighted by Gasteiger charge is 2.14. The molecule has 2 rings (SSSR count). The lowest BCUT2D eigenvalue weighted by molar-refractivity contribution is -0.122. The Morgan fingerprint density at radius 3 is 2.35 bits per heavy atom. The predicted octanol–water partition coefficient (Wildman–Crippen LogP) is 3.27. The van der Waals surface area contributed by atoms with Crippen molar-refractivity contribution in [3.05, 3.63) is 71.3 Å². The van der Waals surface area contributed by atoms with Gasteiger partial charge < -0.3 is 5.32 Å². The topological polar surface area (TPSA) is 32.3 Å². The number of benzene rings is 2. The molecule has 23 heavy (non-hydrogen) atoms. The summed E-state index contributed by atoms with van der Waals surface area (Å²) in [5.74, 6) is -1.49. The Bertz CT molecular complexity index is 641. The molecular weight excluding hydrogens is 298 g/mol. The molecule has 2 aromatic rings. The van der Waals surface area contributed by atoms with Crippen LogP contribution in [0.5, 0.6) is 0 Å². The smallest absolute Gasteiger partial charge is 0.234 e. The van der Waals surface area contributed by atoms with Crippen molar-refractivity contribution >= 4 is 5.91 Å². The van der Waals surface area contributed by atoms with Crippen LogP contribution < -0.4 is 5.32 Å². The fraction of sp³-hybridized carbons (Fsp3) is 0.278. The number of amides is 1. The van der Waals surface area contributed by atoms with Crippen molar-refractivity contribution in [1.29, 1.82) is 0 Å². The van der Waals surface area contributed by atoms with Gasteiger partial charge in [-0.25, -0.2) is 8.78 Å². The molecule has 0 aliphatic carbocycles. The summed E-state index contributed by atoms with van der Waals surface area (Å²) in [6.07, 6.45) is 0. The van der Waals surface area contributed by atoms with E-state index in [1.807, 2.05) is 49.2 Å². The zero-order chi connectivity index (χ0) is 16.8. The van der Waals surface area contributed by atoms with Crippen LogP contribution in [-0.4, -0.2) is 24.4 Å². The summed E-state index contributed by atoms with van der Waals surface area (Å²) < 4.78 is 26.2. The maximum Gasteiger partial charge on any atom is 0.234 e. The molecule has 0 spiro atoms. The summed E-state index contributed by atoms with van der Waals surface area (Å²) in [6, 6.07) is 13.2. The van der Waals surface area contributed by atoms with Crippen molar-refractivity contribution in [3.63, 3.8) is 0 Å². The first-order chi connectivity index (χ1) is 11.0. The van der Waals surface area contributed by atoms with Crippen molar-refractivity contribution in [2.75, 3.05) is 13.6 Å². The SMILES string of the molecule is CC(c1ccccc1)N(C)CC(=O)NCc1cc(F)cc(F)c1. The van der Waals surface area contributed by atoms with Crippen LogP contribution in [0.2, 0.25) is 0 Å². The highest BCUT2D eigenvalue weighted by molar-refractivity contribution is 5.78. The van der Waals surface area contributed by atoms with E-state index in [0.29, 0.717) is 5.56 Å². The molecule has 1 N–H and O–H groups in total. The predicted molar refractivity (Wildman–Crippen MR) is 85.7 cm³/mol. The summed E-state index contributed by atoms with van der Waals surface area (Å²) >= 11 is 0. The summed E-state index contributed by atoms with van der Waals surface area (Å²) in [5.41, 5.74) is 1.52. The van der Waals surface area contributed by atoms with Crippen LogP contribution in [0.25, 0.3) is 0 Å². The molecule has 0 bridgehead atoms. The zero-order valence-corrected chi connectivity index (χ0v) is 13.2. The van der Waals surface area contributed by atoms with Gasteiger partial charge in [0, 0.05) is 18.7 Å². The molecule has 1 unspecified atom stereocenters. The first-order valence-electron chi connectivity index (χ1n) is 7.42. The number of nitrogens with zero attached hydrogens (tertiary/aromatic N) is 1. The van der Waals surface area contributed by atoms with Crippen molar-refractivity contribution in [1.82, 2.24) is 10.2 Å². The third-order valence-corrected chi connectivity index (χ3v) is 3.75. The van der Waals surface area contributed by atoms with Gasteiger partial charge in [0.2, 0.25) is 5.91 Å². The summed E-state index contributed by atoms with van der Waals surface area (Å²) in [6.45, 7) is 2.32. The van der Waals surface area contributed by atoms with Gasteiger partial charge in [0.1, 0.15) is 11.6 Å². The lowest BCUT2D eigenvalue weighted by Gasteiger charge is -2.24. The minimum absolute atomic E-state index is 0.0913. The molecule has 0 saturated heterocycles. The molecule has 1 atom stereocenters. The number of rotatable bonds is 6. The first-order valence-corrected chi connectivity index (χ1v) is 7.42. The number of likely N-dealkylation sites (N-methyl/N-ethyl adjacent to an activating group) is 1. The Hall–Kier alpha value is -2.27. The molecule has 0 aromatic heterocycles. The van der Waals surface area contributed by atoms with E-state index >= 15 is 0 Å². The Labute approximate surface area is 134 Å². The van der Waals surface area contributed by atoms with Crippen molar-refractivity contribution in [3.8, 4) is 0 Å². The molecule has 5 heteroatoms. The number of hydrogen-bond acceptors (Lipinski definition) is 2. The molecule has 0 fully saturated rings. The molecular formula is C18H20F2N2O. The second kappa shape index (κ2) is 7.83. The van der Waals surface area contributed by atoms with Crippen LogP contribution in [0.15, 0.2) is 48.5 Å². The van der Waals surface area contributed by atoms with Gasteiger partial charge in [0.05, 0.1) is 6.54 Å². The second-order valence-electron chi connectivity index (χ2n) is 5.56. The van der Waals surface area contributed by atoms with Crippen molar-refractivity contribution in [2.45, 2.75) is 19.5 Å². The van der Waals surface area contributed by atoms with Crippen LogP contribution in [-0.2, 0) is 11.3 Å². The van der Waals surface area contributed by atoms with Crippen molar-refractivity contribution < 1.29 is 13.6 Å². The minimum Gasteiger partial charge on any atom is -0.351 e. The Kier molecular flexibility index (Phi) is 5.82. The third-order valence-electron chi connectivity index (χ3n) is 3.75. The number of hydrogen-bond donors (Lipinski definition) is 1. The summed E-state index contributed by atoms with van der Waals surface area (Å²) in [4.78, 5) is 13.9. The van der Waals surface area contributed by atoms with E-state index in [9.17, 15) is 13.6 Å². The fourth-order valence-corrected chi connectivity index (χ4v) is 2.32. The average molecular weight is 318 g/mol. The highest BCUT2D eigenvalue weighted by Crippen LogP contribution is 2.17. The quantitative estimate of drug-likeness (QED) is 0.886. The van der Waals surface area contributed by atoms with Gasteiger partial charge in [-0.3, -0.25) is 9.69 Å². The standard InChI is InChI=1S/C18H20F2N2O/c1-13(15-6-4-3-5-7-15)22(2)12-18(23)21-11-14-8-16(19)10-17(20)9-14/h3-10,13H,11-12H2,1-2H3,(H,21,23). The third kappa shape index (κ3) is 5.14. The van der Waals surface area contributed by atoms with E-state index in [-0.39, 0.29) is 25.0 Å². The fourth-order valence-electron chi connectivity index (χ4n) is 2.32. The van der Waals surface area contributed by atoms with Crippen LogP contribution in [0.1, 0.15) is 24.1 Å². The molecule has 0 saturated carbocycles. The molecule has 1 amide bonds.